The fourth-order valence-electron chi connectivity index (χ4n) is 0.971. The smallest absolute Gasteiger partial charge is 0.449 e. The second-order valence-electron chi connectivity index (χ2n) is 2.63. The summed E-state index contributed by atoms with van der Waals surface area (Å²) < 4.78 is 40.5. The van der Waals surface area contributed by atoms with Gasteiger partial charge in [-0.1, -0.05) is 0 Å². The molecule has 0 aromatic carbocycles. The number of alkyl halides is 3. The minimum Gasteiger partial charge on any atom is -0.456 e. The Morgan fingerprint density at radius 3 is 2.23 bits per heavy atom. The molecule has 0 spiro atoms. The second-order valence-corrected chi connectivity index (χ2v) is 2.63. The molecule has 0 aliphatic heterocycles. The number of ketones is 1. The van der Waals surface area contributed by atoms with Crippen molar-refractivity contribution >= 4 is 5.78 Å². The van der Waals surface area contributed by atoms with Crippen LogP contribution in [0.1, 0.15) is 28.8 Å². The zero-order valence-electron chi connectivity index (χ0n) is 7.03. The number of rotatable bonds is 1. The molecule has 13 heavy (non-hydrogen) atoms. The third-order valence-corrected chi connectivity index (χ3v) is 1.58. The van der Waals surface area contributed by atoms with Crippen molar-refractivity contribution in [1.29, 1.82) is 0 Å². The van der Waals surface area contributed by atoms with Gasteiger partial charge in [0.05, 0.1) is 5.56 Å². The van der Waals surface area contributed by atoms with E-state index in [9.17, 15) is 18.0 Å². The molecule has 5 heteroatoms. The molecule has 0 aliphatic carbocycles. The first-order chi connectivity index (χ1) is 5.82. The van der Waals surface area contributed by atoms with E-state index >= 15 is 0 Å². The number of halogens is 3. The molecule has 1 aromatic heterocycles. The minimum atomic E-state index is -4.53. The van der Waals surface area contributed by atoms with Crippen LogP contribution in [0.15, 0.2) is 10.5 Å². The molecule has 1 heterocycles. The Morgan fingerprint density at radius 1 is 1.46 bits per heavy atom. The summed E-state index contributed by atoms with van der Waals surface area (Å²) in [4.78, 5) is 10.8. The average Bonchev–Trinajstić information content (AvgIpc) is 2.29. The van der Waals surface area contributed by atoms with Gasteiger partial charge in [-0.25, -0.2) is 0 Å². The van der Waals surface area contributed by atoms with Gasteiger partial charge in [-0.2, -0.15) is 13.2 Å². The summed E-state index contributed by atoms with van der Waals surface area (Å²) in [5.74, 6) is -1.56. The summed E-state index contributed by atoms with van der Waals surface area (Å²) in [6.07, 6.45) is -4.53. The molecule has 0 radical (unpaired) electrons. The molecule has 0 N–H and O–H groups in total. The van der Waals surface area contributed by atoms with E-state index in [2.05, 4.69) is 4.42 Å². The van der Waals surface area contributed by atoms with E-state index < -0.39 is 17.7 Å². The van der Waals surface area contributed by atoms with Crippen LogP contribution < -0.4 is 0 Å². The molecule has 2 nitrogen and oxygen atoms in total. The van der Waals surface area contributed by atoms with Gasteiger partial charge in [0.25, 0.3) is 0 Å². The van der Waals surface area contributed by atoms with Gasteiger partial charge in [-0.05, 0) is 13.8 Å². The third kappa shape index (κ3) is 1.91. The van der Waals surface area contributed by atoms with Crippen molar-refractivity contribution in [1.82, 2.24) is 0 Å². The lowest BCUT2D eigenvalue weighted by Crippen LogP contribution is -2.02. The number of carbonyl (C=O) groups is 1. The first-order valence-corrected chi connectivity index (χ1v) is 3.51. The van der Waals surface area contributed by atoms with E-state index in [-0.39, 0.29) is 11.3 Å². The first-order valence-electron chi connectivity index (χ1n) is 3.51. The van der Waals surface area contributed by atoms with Crippen LogP contribution in [0.3, 0.4) is 0 Å². The van der Waals surface area contributed by atoms with E-state index in [1.54, 1.807) is 0 Å². The number of hydrogen-bond acceptors (Lipinski definition) is 2. The van der Waals surface area contributed by atoms with Crippen LogP contribution in [-0.2, 0) is 6.18 Å². The summed E-state index contributed by atoms with van der Waals surface area (Å²) in [5.41, 5.74) is -0.0210. The van der Waals surface area contributed by atoms with E-state index in [4.69, 9.17) is 0 Å². The molecule has 0 amide bonds. The van der Waals surface area contributed by atoms with Crippen molar-refractivity contribution in [2.45, 2.75) is 20.0 Å². The van der Waals surface area contributed by atoms with Gasteiger partial charge in [-0.3, -0.25) is 4.79 Å². The van der Waals surface area contributed by atoms with Crippen molar-refractivity contribution in [3.8, 4) is 0 Å². The lowest BCUT2D eigenvalue weighted by atomic mass is 10.2. The Bertz CT molecular complexity index is 336. The van der Waals surface area contributed by atoms with Crippen LogP contribution >= 0.6 is 0 Å². The SMILES string of the molecule is CC(=O)c1cc(C(F)(F)F)oc1C. The normalized spacial score (nSPS) is 11.8. The fourth-order valence-corrected chi connectivity index (χ4v) is 0.971. The van der Waals surface area contributed by atoms with Crippen LogP contribution in [-0.4, -0.2) is 5.78 Å². The predicted molar refractivity (Wildman–Crippen MR) is 38.5 cm³/mol. The monoisotopic (exact) mass is 192 g/mol. The van der Waals surface area contributed by atoms with Crippen LogP contribution in [0.4, 0.5) is 13.2 Å². The molecule has 0 saturated heterocycles. The standard InChI is InChI=1S/C8H7F3O2/c1-4(12)6-3-7(8(9,10)11)13-5(6)2/h3H,1-2H3. The number of aryl methyl sites for hydroxylation is 1. The Balaban J connectivity index is 3.17. The molecule has 0 saturated carbocycles. The van der Waals surface area contributed by atoms with Gasteiger partial charge in [0.2, 0.25) is 5.76 Å². The van der Waals surface area contributed by atoms with Gasteiger partial charge in [-0.15, -0.1) is 0 Å². The van der Waals surface area contributed by atoms with Crippen LogP contribution in [0.5, 0.6) is 0 Å². The molecule has 1 rings (SSSR count). The number of hydrogen-bond donors (Lipinski definition) is 0. The van der Waals surface area contributed by atoms with Gasteiger partial charge in [0.1, 0.15) is 5.76 Å². The topological polar surface area (TPSA) is 30.2 Å². The zero-order valence-corrected chi connectivity index (χ0v) is 7.03. The maximum absolute atomic E-state index is 12.0. The average molecular weight is 192 g/mol. The van der Waals surface area contributed by atoms with E-state index in [1.807, 2.05) is 0 Å². The molecule has 0 unspecified atom stereocenters. The maximum atomic E-state index is 12.0. The largest absolute Gasteiger partial charge is 0.456 e. The molecule has 0 atom stereocenters. The number of carbonyl (C=O) groups excluding carboxylic acids is 1. The highest BCUT2D eigenvalue weighted by Crippen LogP contribution is 2.32. The Labute approximate surface area is 72.3 Å². The second kappa shape index (κ2) is 2.90. The summed E-state index contributed by atoms with van der Waals surface area (Å²) >= 11 is 0. The molecule has 1 aromatic rings. The molecular formula is C8H7F3O2. The van der Waals surface area contributed by atoms with Crippen molar-refractivity contribution < 1.29 is 22.4 Å². The Morgan fingerprint density at radius 2 is 2.00 bits per heavy atom. The first kappa shape index (κ1) is 9.83. The van der Waals surface area contributed by atoms with Gasteiger partial charge >= 0.3 is 6.18 Å². The van der Waals surface area contributed by atoms with Gasteiger partial charge < -0.3 is 4.42 Å². The summed E-state index contributed by atoms with van der Waals surface area (Å²) in [6, 6.07) is 0.720. The summed E-state index contributed by atoms with van der Waals surface area (Å²) in [6.45, 7) is 2.52. The number of furan rings is 1. The Hall–Kier alpha value is -1.26. The van der Waals surface area contributed by atoms with Crippen LogP contribution in [0.25, 0.3) is 0 Å². The molecule has 0 fully saturated rings. The Kier molecular flexibility index (Phi) is 2.19. The summed E-state index contributed by atoms with van der Waals surface area (Å²) in [7, 11) is 0. The van der Waals surface area contributed by atoms with Gasteiger partial charge in [0, 0.05) is 6.07 Å². The number of Topliss-reactive ketones (excluding diaryl/α,β-unsaturated/α-hetero) is 1. The molecule has 0 aliphatic rings. The third-order valence-electron chi connectivity index (χ3n) is 1.58. The van der Waals surface area contributed by atoms with Crippen LogP contribution in [0, 0.1) is 6.92 Å². The van der Waals surface area contributed by atoms with E-state index in [0.29, 0.717) is 0 Å². The molecule has 0 bridgehead atoms. The van der Waals surface area contributed by atoms with Gasteiger partial charge in [0.15, 0.2) is 5.78 Å². The van der Waals surface area contributed by atoms with Crippen molar-refractivity contribution in [3.05, 3.63) is 23.2 Å². The molecular weight excluding hydrogens is 185 g/mol. The van der Waals surface area contributed by atoms with Crippen LogP contribution in [0.2, 0.25) is 0 Å². The highest BCUT2D eigenvalue weighted by molar-refractivity contribution is 5.95. The van der Waals surface area contributed by atoms with E-state index in [1.165, 1.54) is 13.8 Å². The van der Waals surface area contributed by atoms with Crippen molar-refractivity contribution in [2.75, 3.05) is 0 Å². The molecule has 72 valence electrons. The highest BCUT2D eigenvalue weighted by atomic mass is 19.4. The van der Waals surface area contributed by atoms with Crippen molar-refractivity contribution in [2.24, 2.45) is 0 Å². The fraction of sp³-hybridized carbons (Fsp3) is 0.375. The van der Waals surface area contributed by atoms with E-state index in [0.717, 1.165) is 6.07 Å². The quantitative estimate of drug-likeness (QED) is 0.640. The highest BCUT2D eigenvalue weighted by Gasteiger charge is 2.36. The predicted octanol–water partition coefficient (Wildman–Crippen LogP) is 2.81. The lowest BCUT2D eigenvalue weighted by molar-refractivity contribution is -0.153. The summed E-state index contributed by atoms with van der Waals surface area (Å²) in [5, 5.41) is 0. The minimum absolute atomic E-state index is 0.000162. The maximum Gasteiger partial charge on any atom is 0.449 e. The lowest BCUT2D eigenvalue weighted by Gasteiger charge is -1.99. The zero-order chi connectivity index (χ0) is 10.2. The van der Waals surface area contributed by atoms with Crippen molar-refractivity contribution in [3.63, 3.8) is 0 Å².